The van der Waals surface area contributed by atoms with Crippen LogP contribution < -0.4 is 4.74 Å². The fraction of sp³-hybridized carbons (Fsp3) is 0.0714. The van der Waals surface area contributed by atoms with Crippen LogP contribution in [0.4, 0.5) is 0 Å². The van der Waals surface area contributed by atoms with Gasteiger partial charge in [0.15, 0.2) is 0 Å². The minimum atomic E-state index is 0.686. The molecule has 17 heavy (non-hydrogen) atoms. The minimum absolute atomic E-state index is 0.686. The number of methoxy groups -OCH3 is 1. The zero-order valence-corrected chi connectivity index (χ0v) is 9.95. The number of benzene rings is 2. The van der Waals surface area contributed by atoms with Gasteiger partial charge in [0.1, 0.15) is 5.75 Å². The number of aromatic nitrogens is 1. The van der Waals surface area contributed by atoms with E-state index in [2.05, 4.69) is 11.1 Å². The normalized spacial score (nSPS) is 10.9. The monoisotopic (exact) mass is 242 g/mol. The molecule has 0 aliphatic heterocycles. The van der Waals surface area contributed by atoms with Crippen LogP contribution in [-0.4, -0.2) is 12.1 Å². The predicted molar refractivity (Wildman–Crippen MR) is 69.6 cm³/mol. The molecule has 0 aliphatic carbocycles. The van der Waals surface area contributed by atoms with E-state index in [0.717, 1.165) is 27.6 Å². The van der Waals surface area contributed by atoms with Crippen molar-refractivity contribution < 1.29 is 4.74 Å². The largest absolute Gasteiger partial charge is 0.497 e. The Morgan fingerprint density at radius 2 is 1.94 bits per heavy atom. The molecule has 0 aliphatic rings. The summed E-state index contributed by atoms with van der Waals surface area (Å²) >= 11 is 5.94. The van der Waals surface area contributed by atoms with Crippen molar-refractivity contribution in [2.45, 2.75) is 0 Å². The molecule has 0 bridgehead atoms. The van der Waals surface area contributed by atoms with Crippen molar-refractivity contribution in [3.8, 4) is 5.75 Å². The molecular weight excluding hydrogens is 234 g/mol. The van der Waals surface area contributed by atoms with E-state index >= 15 is 0 Å². The summed E-state index contributed by atoms with van der Waals surface area (Å²) in [5.41, 5.74) is 1.75. The third-order valence-corrected chi connectivity index (χ3v) is 2.91. The maximum Gasteiger partial charge on any atom is 0.119 e. The maximum atomic E-state index is 5.94. The van der Waals surface area contributed by atoms with E-state index in [1.54, 1.807) is 7.11 Å². The van der Waals surface area contributed by atoms with Gasteiger partial charge in [0.05, 0.1) is 18.1 Å². The number of pyridine rings is 1. The first-order valence-corrected chi connectivity index (χ1v) is 5.60. The van der Waals surface area contributed by atoms with Crippen LogP contribution in [0.5, 0.6) is 5.75 Å². The van der Waals surface area contributed by atoms with Gasteiger partial charge in [-0.25, -0.2) is 4.98 Å². The smallest absolute Gasteiger partial charge is 0.119 e. The Bertz CT molecular complexity index is 709. The van der Waals surface area contributed by atoms with Crippen LogP contribution in [0.15, 0.2) is 36.4 Å². The molecule has 0 fully saturated rings. The number of ether oxygens (including phenoxy) is 1. The van der Waals surface area contributed by atoms with Gasteiger partial charge >= 0.3 is 0 Å². The molecule has 3 rings (SSSR count). The predicted octanol–water partition coefficient (Wildman–Crippen LogP) is 3.85. The summed E-state index contributed by atoms with van der Waals surface area (Å²) in [6.07, 6.45) is 0. The molecule has 0 saturated carbocycles. The molecule has 2 aromatic carbocycles. The average molecular weight is 243 g/mol. The van der Waals surface area contributed by atoms with E-state index in [4.69, 9.17) is 16.3 Å². The molecular formula is C14H9ClNO. The Kier molecular flexibility index (Phi) is 2.37. The van der Waals surface area contributed by atoms with Crippen LogP contribution in [-0.2, 0) is 0 Å². The highest BCUT2D eigenvalue weighted by atomic mass is 35.5. The number of halogens is 1. The van der Waals surface area contributed by atoms with Crippen LogP contribution in [0.25, 0.3) is 21.8 Å². The van der Waals surface area contributed by atoms with Crippen molar-refractivity contribution in [3.63, 3.8) is 0 Å². The molecule has 3 heteroatoms. The molecule has 0 saturated heterocycles. The van der Waals surface area contributed by atoms with Gasteiger partial charge in [0.2, 0.25) is 0 Å². The molecule has 0 spiro atoms. The Labute approximate surface area is 104 Å². The summed E-state index contributed by atoms with van der Waals surface area (Å²) in [4.78, 5) is 4.54. The standard InChI is InChI=1S/C14H9ClNO/c1-17-12-4-5-13-10(7-12)6-9-2-3-11(15)8-14(9)16-13/h2-5,7-8H,1H3. The summed E-state index contributed by atoms with van der Waals surface area (Å²) in [5, 5.41) is 2.58. The topological polar surface area (TPSA) is 22.1 Å². The lowest BCUT2D eigenvalue weighted by atomic mass is 10.1. The van der Waals surface area contributed by atoms with Gasteiger partial charge in [0.25, 0.3) is 0 Å². The highest BCUT2D eigenvalue weighted by Gasteiger charge is 2.02. The number of hydrogen-bond acceptors (Lipinski definition) is 2. The summed E-state index contributed by atoms with van der Waals surface area (Å²) in [7, 11) is 1.65. The number of fused-ring (bicyclic) bond motifs is 2. The second-order valence-electron chi connectivity index (χ2n) is 3.78. The Morgan fingerprint density at radius 1 is 1.06 bits per heavy atom. The lowest BCUT2D eigenvalue weighted by Crippen LogP contribution is -1.86. The van der Waals surface area contributed by atoms with Crippen molar-refractivity contribution in [2.75, 3.05) is 7.11 Å². The van der Waals surface area contributed by atoms with E-state index in [-0.39, 0.29) is 0 Å². The number of hydrogen-bond donors (Lipinski definition) is 0. The van der Waals surface area contributed by atoms with E-state index in [1.807, 2.05) is 36.4 Å². The van der Waals surface area contributed by atoms with Crippen molar-refractivity contribution >= 4 is 33.4 Å². The first-order chi connectivity index (χ1) is 8.26. The highest BCUT2D eigenvalue weighted by molar-refractivity contribution is 6.31. The fourth-order valence-corrected chi connectivity index (χ4v) is 1.98. The minimum Gasteiger partial charge on any atom is -0.497 e. The lowest BCUT2D eigenvalue weighted by Gasteiger charge is -2.04. The van der Waals surface area contributed by atoms with Gasteiger partial charge in [-0.05, 0) is 30.3 Å². The van der Waals surface area contributed by atoms with Crippen molar-refractivity contribution in [2.24, 2.45) is 0 Å². The molecule has 0 N–H and O–H groups in total. The Hall–Kier alpha value is -1.80. The quantitative estimate of drug-likeness (QED) is 0.605. The number of rotatable bonds is 1. The van der Waals surface area contributed by atoms with Gasteiger partial charge in [-0.15, -0.1) is 0 Å². The molecule has 83 valence electrons. The SMILES string of the molecule is COc1ccc2nc3cc(Cl)ccc3[c]c2c1. The van der Waals surface area contributed by atoms with Crippen LogP contribution in [0.3, 0.4) is 0 Å². The van der Waals surface area contributed by atoms with Crippen molar-refractivity contribution in [1.82, 2.24) is 4.98 Å². The summed E-state index contributed by atoms with van der Waals surface area (Å²) in [6.45, 7) is 0. The van der Waals surface area contributed by atoms with E-state index in [0.29, 0.717) is 5.02 Å². The maximum absolute atomic E-state index is 5.94. The zero-order valence-electron chi connectivity index (χ0n) is 9.20. The van der Waals surface area contributed by atoms with Gasteiger partial charge in [-0.2, -0.15) is 0 Å². The summed E-state index contributed by atoms with van der Waals surface area (Å²) < 4.78 is 5.18. The van der Waals surface area contributed by atoms with Crippen molar-refractivity contribution in [1.29, 1.82) is 0 Å². The molecule has 0 amide bonds. The van der Waals surface area contributed by atoms with E-state index in [1.165, 1.54) is 0 Å². The van der Waals surface area contributed by atoms with Gasteiger partial charge in [0, 0.05) is 21.9 Å². The average Bonchev–Trinajstić information content (AvgIpc) is 2.35. The third-order valence-electron chi connectivity index (χ3n) is 2.67. The van der Waals surface area contributed by atoms with Crippen LogP contribution in [0, 0.1) is 6.07 Å². The Morgan fingerprint density at radius 3 is 2.76 bits per heavy atom. The van der Waals surface area contributed by atoms with Gasteiger partial charge in [-0.1, -0.05) is 17.7 Å². The highest BCUT2D eigenvalue weighted by Crippen LogP contribution is 2.24. The second kappa shape index (κ2) is 3.90. The lowest BCUT2D eigenvalue weighted by molar-refractivity contribution is 0.415. The molecule has 0 unspecified atom stereocenters. The molecule has 1 heterocycles. The van der Waals surface area contributed by atoms with Crippen LogP contribution >= 0.6 is 11.6 Å². The molecule has 1 aromatic heterocycles. The summed E-state index contributed by atoms with van der Waals surface area (Å²) in [5.74, 6) is 0.809. The molecule has 3 aromatic rings. The van der Waals surface area contributed by atoms with E-state index < -0.39 is 0 Å². The second-order valence-corrected chi connectivity index (χ2v) is 4.22. The van der Waals surface area contributed by atoms with Gasteiger partial charge < -0.3 is 4.74 Å². The summed E-state index contributed by atoms with van der Waals surface area (Å²) in [6, 6.07) is 14.7. The molecule has 1 radical (unpaired) electrons. The van der Waals surface area contributed by atoms with Crippen LogP contribution in [0.1, 0.15) is 0 Å². The Balaban J connectivity index is 2.35. The third kappa shape index (κ3) is 1.81. The van der Waals surface area contributed by atoms with Crippen LogP contribution in [0.2, 0.25) is 5.02 Å². The molecule has 2 nitrogen and oxygen atoms in total. The zero-order chi connectivity index (χ0) is 11.8. The molecule has 0 atom stereocenters. The van der Waals surface area contributed by atoms with Crippen molar-refractivity contribution in [3.05, 3.63) is 47.5 Å². The number of nitrogens with zero attached hydrogens (tertiary/aromatic N) is 1. The van der Waals surface area contributed by atoms with Gasteiger partial charge in [-0.3, -0.25) is 0 Å². The fourth-order valence-electron chi connectivity index (χ4n) is 1.82. The van der Waals surface area contributed by atoms with E-state index in [9.17, 15) is 0 Å². The first-order valence-electron chi connectivity index (χ1n) is 5.22. The first kappa shape index (κ1) is 10.4.